The van der Waals surface area contributed by atoms with Gasteiger partial charge >= 0.3 is 0 Å². The maximum Gasteiger partial charge on any atom is 0.0391 e. The van der Waals surface area contributed by atoms with E-state index in [1.807, 2.05) is 11.8 Å². The van der Waals surface area contributed by atoms with E-state index < -0.39 is 0 Å². The summed E-state index contributed by atoms with van der Waals surface area (Å²) >= 11 is 1.94. The van der Waals surface area contributed by atoms with Gasteiger partial charge in [-0.05, 0) is 61.9 Å². The highest BCUT2D eigenvalue weighted by Crippen LogP contribution is 2.49. The van der Waals surface area contributed by atoms with E-state index >= 15 is 0 Å². The Morgan fingerprint density at radius 2 is 1.76 bits per heavy atom. The minimum atomic E-state index is 0.217. The molecule has 3 rings (SSSR count). The first kappa shape index (κ1) is 15.4. The SMILES string of the molecule is CSCCN(C)C1(CN)C2CCC1Cc1ccccc1C2. The van der Waals surface area contributed by atoms with Crippen LogP contribution in [0.1, 0.15) is 24.0 Å². The van der Waals surface area contributed by atoms with Crippen LogP contribution in [-0.2, 0) is 12.8 Å². The molecule has 2 atom stereocenters. The molecule has 2 nitrogen and oxygen atoms in total. The van der Waals surface area contributed by atoms with Crippen LogP contribution in [0.15, 0.2) is 24.3 Å². The number of rotatable bonds is 5. The van der Waals surface area contributed by atoms with Crippen LogP contribution in [0.2, 0.25) is 0 Å². The summed E-state index contributed by atoms with van der Waals surface area (Å²) < 4.78 is 0. The Morgan fingerprint density at radius 1 is 1.19 bits per heavy atom. The summed E-state index contributed by atoms with van der Waals surface area (Å²) in [6, 6.07) is 9.05. The largest absolute Gasteiger partial charge is 0.329 e. The van der Waals surface area contributed by atoms with Crippen LogP contribution in [0.5, 0.6) is 0 Å². The number of fused-ring (bicyclic) bond motifs is 3. The smallest absolute Gasteiger partial charge is 0.0391 e. The molecule has 3 heteroatoms. The second-order valence-corrected chi connectivity index (χ2v) is 7.74. The van der Waals surface area contributed by atoms with Gasteiger partial charge in [0.1, 0.15) is 0 Å². The summed E-state index contributed by atoms with van der Waals surface area (Å²) in [5.41, 5.74) is 9.74. The Hall–Kier alpha value is -0.510. The van der Waals surface area contributed by atoms with Gasteiger partial charge in [-0.1, -0.05) is 24.3 Å². The fourth-order valence-electron chi connectivity index (χ4n) is 4.83. The molecule has 2 bridgehead atoms. The van der Waals surface area contributed by atoms with Gasteiger partial charge < -0.3 is 5.73 Å². The van der Waals surface area contributed by atoms with Crippen LogP contribution in [-0.4, -0.2) is 42.6 Å². The minimum Gasteiger partial charge on any atom is -0.329 e. The molecular formula is C18H28N2S. The molecule has 21 heavy (non-hydrogen) atoms. The first-order valence-corrected chi connectivity index (χ1v) is 9.58. The molecule has 0 saturated heterocycles. The number of nitrogens with two attached hydrogens (primary N) is 1. The van der Waals surface area contributed by atoms with E-state index in [9.17, 15) is 0 Å². The van der Waals surface area contributed by atoms with E-state index in [-0.39, 0.29) is 5.54 Å². The van der Waals surface area contributed by atoms with Gasteiger partial charge in [-0.25, -0.2) is 0 Å². The molecule has 1 aromatic carbocycles. The maximum absolute atomic E-state index is 6.39. The van der Waals surface area contributed by atoms with E-state index in [0.29, 0.717) is 0 Å². The van der Waals surface area contributed by atoms with Crippen molar-refractivity contribution in [3.63, 3.8) is 0 Å². The summed E-state index contributed by atoms with van der Waals surface area (Å²) in [4.78, 5) is 2.61. The third-order valence-electron chi connectivity index (χ3n) is 6.00. The zero-order valence-corrected chi connectivity index (χ0v) is 14.2. The van der Waals surface area contributed by atoms with Crippen molar-refractivity contribution >= 4 is 11.8 Å². The van der Waals surface area contributed by atoms with Gasteiger partial charge in [0.15, 0.2) is 0 Å². The number of hydrogen-bond donors (Lipinski definition) is 1. The van der Waals surface area contributed by atoms with Crippen molar-refractivity contribution in [2.75, 3.05) is 32.1 Å². The molecule has 0 aliphatic heterocycles. The molecule has 0 spiro atoms. The number of thioether (sulfide) groups is 1. The molecule has 1 aromatic rings. The monoisotopic (exact) mass is 304 g/mol. The van der Waals surface area contributed by atoms with E-state index in [0.717, 1.165) is 24.9 Å². The Kier molecular flexibility index (Phi) is 4.63. The van der Waals surface area contributed by atoms with Crippen molar-refractivity contribution < 1.29 is 0 Å². The molecule has 0 heterocycles. The first-order valence-electron chi connectivity index (χ1n) is 8.19. The number of likely N-dealkylation sites (N-methyl/N-ethyl adjacent to an activating group) is 1. The predicted octanol–water partition coefficient (Wildman–Crippen LogP) is 2.80. The summed E-state index contributed by atoms with van der Waals surface area (Å²) in [5, 5.41) is 0. The third kappa shape index (κ3) is 2.54. The zero-order valence-electron chi connectivity index (χ0n) is 13.3. The average Bonchev–Trinajstić information content (AvgIpc) is 2.76. The van der Waals surface area contributed by atoms with Crippen molar-refractivity contribution in [3.8, 4) is 0 Å². The second kappa shape index (κ2) is 6.31. The number of nitrogens with zero attached hydrogens (tertiary/aromatic N) is 1. The summed E-state index contributed by atoms with van der Waals surface area (Å²) in [6.45, 7) is 1.96. The van der Waals surface area contributed by atoms with Crippen LogP contribution < -0.4 is 5.73 Å². The second-order valence-electron chi connectivity index (χ2n) is 6.76. The molecular weight excluding hydrogens is 276 g/mol. The van der Waals surface area contributed by atoms with Gasteiger partial charge in [-0.3, -0.25) is 4.90 Å². The lowest BCUT2D eigenvalue weighted by Gasteiger charge is -2.46. The van der Waals surface area contributed by atoms with Gasteiger partial charge in [-0.15, -0.1) is 0 Å². The highest BCUT2D eigenvalue weighted by molar-refractivity contribution is 7.98. The highest BCUT2D eigenvalue weighted by Gasteiger charge is 2.52. The molecule has 2 aliphatic rings. The molecule has 0 aromatic heterocycles. The quantitative estimate of drug-likeness (QED) is 0.907. The Morgan fingerprint density at radius 3 is 2.24 bits per heavy atom. The lowest BCUT2D eigenvalue weighted by atomic mass is 9.77. The van der Waals surface area contributed by atoms with Crippen LogP contribution in [0, 0.1) is 11.8 Å². The predicted molar refractivity (Wildman–Crippen MR) is 92.9 cm³/mol. The van der Waals surface area contributed by atoms with Gasteiger partial charge in [0.25, 0.3) is 0 Å². The summed E-state index contributed by atoms with van der Waals surface area (Å²) in [5.74, 6) is 2.65. The van der Waals surface area contributed by atoms with Crippen LogP contribution in [0.25, 0.3) is 0 Å². The molecule has 2 N–H and O–H groups in total. The van der Waals surface area contributed by atoms with Crippen molar-refractivity contribution in [3.05, 3.63) is 35.4 Å². The number of benzene rings is 1. The van der Waals surface area contributed by atoms with Crippen LogP contribution >= 0.6 is 11.8 Å². The summed E-state index contributed by atoms with van der Waals surface area (Å²) in [7, 11) is 2.31. The molecule has 0 amide bonds. The van der Waals surface area contributed by atoms with Crippen LogP contribution in [0.4, 0.5) is 0 Å². The fourth-order valence-corrected chi connectivity index (χ4v) is 5.29. The Labute approximate surface area is 133 Å². The Balaban J connectivity index is 1.92. The molecule has 0 radical (unpaired) electrons. The van der Waals surface area contributed by atoms with E-state index in [4.69, 9.17) is 5.73 Å². The first-order chi connectivity index (χ1) is 10.2. The molecule has 116 valence electrons. The standard InChI is InChI=1S/C18H28N2S/c1-20(9-10-21-2)18(13-19)16-7-8-17(18)12-15-6-4-3-5-14(15)11-16/h3-6,16-17H,7-13,19H2,1-2H3. The molecule has 1 saturated carbocycles. The van der Waals surface area contributed by atoms with Gasteiger partial charge in [0.2, 0.25) is 0 Å². The topological polar surface area (TPSA) is 29.3 Å². The van der Waals surface area contributed by atoms with Crippen molar-refractivity contribution in [1.82, 2.24) is 4.90 Å². The summed E-state index contributed by atoms with van der Waals surface area (Å²) in [6.07, 6.45) is 7.32. The zero-order chi connectivity index (χ0) is 14.9. The molecule has 2 unspecified atom stereocenters. The van der Waals surface area contributed by atoms with Crippen molar-refractivity contribution in [2.24, 2.45) is 17.6 Å². The lowest BCUT2D eigenvalue weighted by molar-refractivity contribution is 0.0518. The normalized spacial score (nSPS) is 31.2. The lowest BCUT2D eigenvalue weighted by Crippen LogP contribution is -2.59. The highest BCUT2D eigenvalue weighted by atomic mass is 32.2. The average molecular weight is 305 g/mol. The van der Waals surface area contributed by atoms with Crippen LogP contribution in [0.3, 0.4) is 0 Å². The van der Waals surface area contributed by atoms with E-state index in [2.05, 4.69) is 42.5 Å². The maximum atomic E-state index is 6.39. The third-order valence-corrected chi connectivity index (χ3v) is 6.59. The van der Waals surface area contributed by atoms with E-state index in [1.165, 1.54) is 31.4 Å². The van der Waals surface area contributed by atoms with E-state index in [1.54, 1.807) is 11.1 Å². The fraction of sp³-hybridized carbons (Fsp3) is 0.667. The van der Waals surface area contributed by atoms with Gasteiger partial charge in [0.05, 0.1) is 0 Å². The molecule has 2 aliphatic carbocycles. The van der Waals surface area contributed by atoms with Crippen molar-refractivity contribution in [2.45, 2.75) is 31.2 Å². The van der Waals surface area contributed by atoms with Crippen molar-refractivity contribution in [1.29, 1.82) is 0 Å². The Bertz CT molecular complexity index is 455. The minimum absolute atomic E-state index is 0.217. The number of hydrogen-bond acceptors (Lipinski definition) is 3. The molecule has 1 fully saturated rings. The van der Waals surface area contributed by atoms with Gasteiger partial charge in [-0.2, -0.15) is 11.8 Å². The van der Waals surface area contributed by atoms with Gasteiger partial charge in [0, 0.05) is 24.4 Å².